The Bertz CT molecular complexity index is 1390. The number of nitrogens with zero attached hydrogens (tertiary/aromatic N) is 2. The van der Waals surface area contributed by atoms with Crippen molar-refractivity contribution in [2.45, 2.75) is 43.4 Å². The fourth-order valence-electron chi connectivity index (χ4n) is 6.12. The molecule has 1 unspecified atom stereocenters. The van der Waals surface area contributed by atoms with Crippen LogP contribution < -0.4 is 4.74 Å². The SMILES string of the molecule is O=C(C1=C(c2ccc(OCCN3CCCC3)cc2)S(=O)c2ccccc21)c1ccc(CCCN2CCCC2)cc1. The molecule has 208 valence electrons. The number of ether oxygens (including phenoxy) is 1. The van der Waals surface area contributed by atoms with Gasteiger partial charge in [0.15, 0.2) is 5.78 Å². The van der Waals surface area contributed by atoms with Gasteiger partial charge < -0.3 is 9.64 Å². The van der Waals surface area contributed by atoms with E-state index in [1.807, 2.05) is 60.7 Å². The normalized spacial score (nSPS) is 19.4. The molecule has 0 amide bonds. The molecule has 3 aliphatic rings. The van der Waals surface area contributed by atoms with Gasteiger partial charge in [-0.15, -0.1) is 0 Å². The van der Waals surface area contributed by atoms with Crippen LogP contribution in [0.5, 0.6) is 5.75 Å². The van der Waals surface area contributed by atoms with Gasteiger partial charge in [-0.3, -0.25) is 9.69 Å². The van der Waals surface area contributed by atoms with Gasteiger partial charge in [-0.25, -0.2) is 4.21 Å². The van der Waals surface area contributed by atoms with Gasteiger partial charge in [-0.05, 0) is 101 Å². The first-order valence-corrected chi connectivity index (χ1v) is 15.9. The van der Waals surface area contributed by atoms with Crippen LogP contribution in [0.3, 0.4) is 0 Å². The predicted octanol–water partition coefficient (Wildman–Crippen LogP) is 6.06. The number of hydrogen-bond acceptors (Lipinski definition) is 5. The Morgan fingerprint density at radius 3 is 2.12 bits per heavy atom. The van der Waals surface area contributed by atoms with E-state index in [2.05, 4.69) is 21.9 Å². The van der Waals surface area contributed by atoms with Crippen LogP contribution in [-0.4, -0.2) is 65.7 Å². The van der Waals surface area contributed by atoms with Crippen LogP contribution in [0.1, 0.15) is 59.2 Å². The molecule has 0 aromatic heterocycles. The summed E-state index contributed by atoms with van der Waals surface area (Å²) in [5.74, 6) is 0.709. The molecule has 40 heavy (non-hydrogen) atoms. The summed E-state index contributed by atoms with van der Waals surface area (Å²) in [5.41, 5.74) is 3.98. The molecule has 0 radical (unpaired) electrons. The van der Waals surface area contributed by atoms with Crippen molar-refractivity contribution in [3.8, 4) is 5.75 Å². The van der Waals surface area contributed by atoms with E-state index >= 15 is 0 Å². The van der Waals surface area contributed by atoms with E-state index in [4.69, 9.17) is 4.74 Å². The molecule has 0 saturated carbocycles. The second-order valence-electron chi connectivity index (χ2n) is 11.1. The Morgan fingerprint density at radius 2 is 1.43 bits per heavy atom. The highest BCUT2D eigenvalue weighted by Crippen LogP contribution is 2.43. The van der Waals surface area contributed by atoms with Crippen molar-refractivity contribution in [1.82, 2.24) is 9.80 Å². The summed E-state index contributed by atoms with van der Waals surface area (Å²) in [5, 5.41) is 0. The first-order valence-electron chi connectivity index (χ1n) is 14.7. The molecular formula is C34H38N2O3S. The summed E-state index contributed by atoms with van der Waals surface area (Å²) >= 11 is 0. The molecule has 3 aromatic carbocycles. The minimum absolute atomic E-state index is 0.0807. The lowest BCUT2D eigenvalue weighted by Gasteiger charge is -2.15. The van der Waals surface area contributed by atoms with Crippen LogP contribution >= 0.6 is 0 Å². The minimum atomic E-state index is -1.43. The number of rotatable bonds is 11. The number of allylic oxidation sites excluding steroid dienone is 1. The third-order valence-electron chi connectivity index (χ3n) is 8.34. The van der Waals surface area contributed by atoms with Crippen molar-refractivity contribution in [1.29, 1.82) is 0 Å². The highest BCUT2D eigenvalue weighted by Gasteiger charge is 2.33. The molecule has 2 fully saturated rings. The van der Waals surface area contributed by atoms with Crippen molar-refractivity contribution < 1.29 is 13.7 Å². The lowest BCUT2D eigenvalue weighted by atomic mass is 9.94. The van der Waals surface area contributed by atoms with E-state index in [-0.39, 0.29) is 5.78 Å². The maximum atomic E-state index is 13.9. The second-order valence-corrected chi connectivity index (χ2v) is 12.5. The highest BCUT2D eigenvalue weighted by molar-refractivity contribution is 7.95. The number of carbonyl (C=O) groups excluding carboxylic acids is 1. The molecule has 6 heteroatoms. The van der Waals surface area contributed by atoms with E-state index in [0.29, 0.717) is 27.5 Å². The molecule has 2 saturated heterocycles. The monoisotopic (exact) mass is 554 g/mol. The van der Waals surface area contributed by atoms with Gasteiger partial charge in [0.2, 0.25) is 0 Å². The van der Waals surface area contributed by atoms with E-state index in [0.717, 1.165) is 55.9 Å². The molecule has 3 aromatic rings. The summed E-state index contributed by atoms with van der Waals surface area (Å²) < 4.78 is 19.7. The van der Waals surface area contributed by atoms with Gasteiger partial charge in [0, 0.05) is 23.2 Å². The number of benzene rings is 3. The zero-order valence-electron chi connectivity index (χ0n) is 23.1. The molecule has 3 heterocycles. The average Bonchev–Trinajstić information content (AvgIpc) is 3.76. The van der Waals surface area contributed by atoms with Crippen LogP contribution in [0.4, 0.5) is 0 Å². The molecule has 1 atom stereocenters. The van der Waals surface area contributed by atoms with E-state index < -0.39 is 10.8 Å². The van der Waals surface area contributed by atoms with E-state index in [1.54, 1.807) is 0 Å². The Hall–Kier alpha value is -3.06. The van der Waals surface area contributed by atoms with Crippen molar-refractivity contribution in [3.05, 3.63) is 95.1 Å². The van der Waals surface area contributed by atoms with E-state index in [1.165, 1.54) is 44.3 Å². The quantitative estimate of drug-likeness (QED) is 0.270. The summed E-state index contributed by atoms with van der Waals surface area (Å²) in [6, 6.07) is 23.3. The van der Waals surface area contributed by atoms with E-state index in [9.17, 15) is 9.00 Å². The fraction of sp³-hybridized carbons (Fsp3) is 0.382. The van der Waals surface area contributed by atoms with Crippen LogP contribution in [0.25, 0.3) is 10.5 Å². The number of aryl methyl sites for hydroxylation is 1. The summed E-state index contributed by atoms with van der Waals surface area (Å²) in [6.07, 6.45) is 7.32. The third kappa shape index (κ3) is 5.99. The number of carbonyl (C=O) groups is 1. The Kier molecular flexibility index (Phi) is 8.57. The largest absolute Gasteiger partial charge is 0.492 e. The molecule has 0 bridgehead atoms. The average molecular weight is 555 g/mol. The number of ketones is 1. The van der Waals surface area contributed by atoms with Gasteiger partial charge in [0.25, 0.3) is 0 Å². The highest BCUT2D eigenvalue weighted by atomic mass is 32.2. The zero-order chi connectivity index (χ0) is 27.3. The Labute approximate surface area is 240 Å². The molecular weight excluding hydrogens is 516 g/mol. The Morgan fingerprint density at radius 1 is 0.775 bits per heavy atom. The fourth-order valence-corrected chi connectivity index (χ4v) is 7.65. The summed E-state index contributed by atoms with van der Waals surface area (Å²) in [6.45, 7) is 7.48. The van der Waals surface area contributed by atoms with Crippen molar-refractivity contribution in [3.63, 3.8) is 0 Å². The molecule has 0 spiro atoms. The summed E-state index contributed by atoms with van der Waals surface area (Å²) in [4.78, 5) is 20.2. The molecule has 0 N–H and O–H groups in total. The number of Topliss-reactive ketones (excluding diaryl/α,β-unsaturated/α-hetero) is 1. The maximum absolute atomic E-state index is 13.9. The topological polar surface area (TPSA) is 49.9 Å². The smallest absolute Gasteiger partial charge is 0.194 e. The minimum Gasteiger partial charge on any atom is -0.492 e. The van der Waals surface area contributed by atoms with Crippen LogP contribution in [0.2, 0.25) is 0 Å². The van der Waals surface area contributed by atoms with Crippen LogP contribution in [0, 0.1) is 0 Å². The number of fused-ring (bicyclic) bond motifs is 1. The standard InChI is InChI=1S/C34H38N2O3S/c37-33(27-13-11-26(12-14-27)8-7-23-35-19-3-4-20-35)32-30-9-1-2-10-31(30)40(38)34(32)28-15-17-29(18-16-28)39-25-24-36-21-5-6-22-36/h1-2,9-18H,3-8,19-25H2. The second kappa shape index (κ2) is 12.6. The Balaban J connectivity index is 1.19. The van der Waals surface area contributed by atoms with Crippen molar-refractivity contribution >= 4 is 27.1 Å². The predicted molar refractivity (Wildman–Crippen MR) is 162 cm³/mol. The van der Waals surface area contributed by atoms with Crippen molar-refractivity contribution in [2.75, 3.05) is 45.9 Å². The third-order valence-corrected chi connectivity index (χ3v) is 9.91. The zero-order valence-corrected chi connectivity index (χ0v) is 24.0. The van der Waals surface area contributed by atoms with Crippen molar-refractivity contribution in [2.24, 2.45) is 0 Å². The lowest BCUT2D eigenvalue weighted by Crippen LogP contribution is -2.25. The summed E-state index contributed by atoms with van der Waals surface area (Å²) in [7, 11) is -1.43. The van der Waals surface area contributed by atoms with Gasteiger partial charge >= 0.3 is 0 Å². The number of hydrogen-bond donors (Lipinski definition) is 0. The first kappa shape index (κ1) is 27.1. The molecule has 6 rings (SSSR count). The molecule has 0 aliphatic carbocycles. The molecule has 3 aliphatic heterocycles. The number of likely N-dealkylation sites (tertiary alicyclic amines) is 2. The molecule has 5 nitrogen and oxygen atoms in total. The van der Waals surface area contributed by atoms with Gasteiger partial charge in [-0.2, -0.15) is 0 Å². The van der Waals surface area contributed by atoms with Gasteiger partial charge in [0.1, 0.15) is 12.4 Å². The van der Waals surface area contributed by atoms with Gasteiger partial charge in [-0.1, -0.05) is 54.6 Å². The van der Waals surface area contributed by atoms with Crippen LogP contribution in [-0.2, 0) is 17.2 Å². The first-order chi connectivity index (χ1) is 19.7. The van der Waals surface area contributed by atoms with Crippen LogP contribution in [0.15, 0.2) is 77.7 Å². The maximum Gasteiger partial charge on any atom is 0.194 e. The lowest BCUT2D eigenvalue weighted by molar-refractivity contribution is 0.105. The van der Waals surface area contributed by atoms with Gasteiger partial charge in [0.05, 0.1) is 20.6 Å².